The van der Waals surface area contributed by atoms with Crippen LogP contribution < -0.4 is 4.90 Å². The van der Waals surface area contributed by atoms with Crippen molar-refractivity contribution in [2.24, 2.45) is 0 Å². The second kappa shape index (κ2) is 8.24. The maximum Gasteiger partial charge on any atom is 0.157 e. The Hall–Kier alpha value is -3.25. The zero-order chi connectivity index (χ0) is 20.3. The minimum absolute atomic E-state index is 0.405. The van der Waals surface area contributed by atoms with Gasteiger partial charge in [0, 0.05) is 49.3 Å². The summed E-state index contributed by atoms with van der Waals surface area (Å²) in [4.78, 5) is 11.9. The van der Waals surface area contributed by atoms with E-state index in [2.05, 4.69) is 46.3 Å². The van der Waals surface area contributed by atoms with Crippen LogP contribution >= 0.6 is 0 Å². The minimum atomic E-state index is 0.405. The molecule has 1 aromatic carbocycles. The van der Waals surface area contributed by atoms with Gasteiger partial charge in [-0.2, -0.15) is 5.10 Å². The van der Waals surface area contributed by atoms with Crippen molar-refractivity contribution in [3.8, 4) is 11.3 Å². The van der Waals surface area contributed by atoms with E-state index < -0.39 is 0 Å². The van der Waals surface area contributed by atoms with Crippen molar-refractivity contribution in [1.82, 2.24) is 19.6 Å². The van der Waals surface area contributed by atoms with Gasteiger partial charge in [0.2, 0.25) is 0 Å². The first-order valence-electron chi connectivity index (χ1n) is 10.4. The van der Waals surface area contributed by atoms with Crippen molar-refractivity contribution < 1.29 is 4.74 Å². The van der Waals surface area contributed by atoms with Gasteiger partial charge in [-0.25, -0.2) is 14.5 Å². The number of fused-ring (bicyclic) bond motifs is 1. The molecule has 1 aliphatic heterocycles. The number of methoxy groups -OCH3 is 1. The van der Waals surface area contributed by atoms with E-state index in [0.29, 0.717) is 12.5 Å². The molecule has 0 spiro atoms. The van der Waals surface area contributed by atoms with Crippen LogP contribution in [0.2, 0.25) is 0 Å². The van der Waals surface area contributed by atoms with Crippen molar-refractivity contribution in [3.05, 3.63) is 78.2 Å². The van der Waals surface area contributed by atoms with Gasteiger partial charge in [-0.05, 0) is 31.0 Å². The maximum absolute atomic E-state index is 5.41. The normalized spacial score (nSPS) is 16.4. The molecule has 6 heteroatoms. The van der Waals surface area contributed by atoms with Gasteiger partial charge in [-0.1, -0.05) is 36.4 Å². The molecule has 0 bridgehead atoms. The Morgan fingerprint density at radius 3 is 2.87 bits per heavy atom. The van der Waals surface area contributed by atoms with Crippen LogP contribution in [0.3, 0.4) is 0 Å². The Balaban J connectivity index is 1.48. The van der Waals surface area contributed by atoms with Crippen molar-refractivity contribution in [2.75, 3.05) is 25.2 Å². The number of nitrogens with zero attached hydrogens (tertiary/aromatic N) is 5. The van der Waals surface area contributed by atoms with Crippen LogP contribution in [0, 0.1) is 0 Å². The summed E-state index contributed by atoms with van der Waals surface area (Å²) in [6, 6.07) is 19.1. The first-order valence-corrected chi connectivity index (χ1v) is 10.4. The molecule has 152 valence electrons. The molecule has 0 aliphatic carbocycles. The van der Waals surface area contributed by atoms with E-state index in [1.165, 1.54) is 6.42 Å². The third kappa shape index (κ3) is 3.66. The second-order valence-corrected chi connectivity index (χ2v) is 7.72. The van der Waals surface area contributed by atoms with Gasteiger partial charge in [0.1, 0.15) is 5.82 Å². The van der Waals surface area contributed by atoms with E-state index in [-0.39, 0.29) is 0 Å². The van der Waals surface area contributed by atoms with Crippen molar-refractivity contribution >= 4 is 11.5 Å². The number of benzene rings is 1. The first-order chi connectivity index (χ1) is 14.8. The number of hydrogen-bond acceptors (Lipinski definition) is 5. The zero-order valence-electron chi connectivity index (χ0n) is 17.1. The molecule has 4 heterocycles. The van der Waals surface area contributed by atoms with Gasteiger partial charge >= 0.3 is 0 Å². The molecule has 1 atom stereocenters. The molecule has 5 rings (SSSR count). The molecule has 1 aliphatic rings. The average molecular weight is 399 g/mol. The summed E-state index contributed by atoms with van der Waals surface area (Å²) >= 11 is 0. The Morgan fingerprint density at radius 1 is 1.10 bits per heavy atom. The standard InChI is InChI=1S/C24H25N5O/c1-30-17-21-10-6-13-28(21)23-11-5-9-20(26-23)15-19-16-22(18-7-3-2-4-8-18)27-29-14-12-25-24(19)29/h2-5,7-9,11-12,14,16,21H,6,10,13,15,17H2,1H3. The van der Waals surface area contributed by atoms with Crippen LogP contribution in [0.4, 0.5) is 5.82 Å². The average Bonchev–Trinajstić information content (AvgIpc) is 3.44. The van der Waals surface area contributed by atoms with Crippen molar-refractivity contribution in [3.63, 3.8) is 0 Å². The monoisotopic (exact) mass is 399 g/mol. The summed E-state index contributed by atoms with van der Waals surface area (Å²) in [7, 11) is 1.77. The molecule has 0 saturated carbocycles. The number of pyridine rings is 1. The Bertz CT molecular complexity index is 1140. The highest BCUT2D eigenvalue weighted by Gasteiger charge is 2.25. The highest BCUT2D eigenvalue weighted by atomic mass is 16.5. The van der Waals surface area contributed by atoms with E-state index in [1.807, 2.05) is 28.9 Å². The van der Waals surface area contributed by atoms with Gasteiger partial charge in [0.05, 0.1) is 18.3 Å². The topological polar surface area (TPSA) is 55.5 Å². The zero-order valence-corrected chi connectivity index (χ0v) is 17.1. The molecule has 4 aromatic rings. The number of anilines is 1. The fraction of sp³-hybridized carbons (Fsp3) is 0.292. The van der Waals surface area contributed by atoms with Crippen molar-refractivity contribution in [2.45, 2.75) is 25.3 Å². The van der Waals surface area contributed by atoms with E-state index in [9.17, 15) is 0 Å². The molecule has 3 aromatic heterocycles. The van der Waals surface area contributed by atoms with Crippen LogP contribution in [0.15, 0.2) is 67.0 Å². The lowest BCUT2D eigenvalue weighted by atomic mass is 10.1. The molecule has 0 radical (unpaired) electrons. The first kappa shape index (κ1) is 18.8. The van der Waals surface area contributed by atoms with Crippen LogP contribution in [0.1, 0.15) is 24.1 Å². The van der Waals surface area contributed by atoms with Gasteiger partial charge in [-0.15, -0.1) is 0 Å². The highest BCUT2D eigenvalue weighted by molar-refractivity contribution is 5.63. The number of ether oxygens (including phenoxy) is 1. The third-order valence-corrected chi connectivity index (χ3v) is 5.70. The summed E-state index contributed by atoms with van der Waals surface area (Å²) in [6.45, 7) is 1.77. The Kier molecular flexibility index (Phi) is 5.15. The number of rotatable bonds is 6. The van der Waals surface area contributed by atoms with Crippen LogP contribution in [0.5, 0.6) is 0 Å². The molecule has 1 fully saturated rings. The third-order valence-electron chi connectivity index (χ3n) is 5.70. The van der Waals surface area contributed by atoms with E-state index in [1.54, 1.807) is 13.3 Å². The summed E-state index contributed by atoms with van der Waals surface area (Å²) in [6.07, 6.45) is 6.73. The van der Waals surface area contributed by atoms with Crippen molar-refractivity contribution in [1.29, 1.82) is 0 Å². The van der Waals surface area contributed by atoms with Gasteiger partial charge in [0.25, 0.3) is 0 Å². The fourth-order valence-corrected chi connectivity index (χ4v) is 4.29. The predicted octanol–water partition coefficient (Wildman–Crippen LogP) is 4.00. The fourth-order valence-electron chi connectivity index (χ4n) is 4.29. The van der Waals surface area contributed by atoms with E-state index >= 15 is 0 Å². The number of imidazole rings is 1. The van der Waals surface area contributed by atoms with Gasteiger partial charge < -0.3 is 9.64 Å². The molecule has 0 N–H and O–H groups in total. The van der Waals surface area contributed by atoms with Crippen LogP contribution in [-0.4, -0.2) is 45.9 Å². The van der Waals surface area contributed by atoms with Crippen LogP contribution in [0.25, 0.3) is 16.9 Å². The lowest BCUT2D eigenvalue weighted by molar-refractivity contribution is 0.180. The Morgan fingerprint density at radius 2 is 2.00 bits per heavy atom. The summed E-state index contributed by atoms with van der Waals surface area (Å²) in [5.41, 5.74) is 5.06. The SMILES string of the molecule is COCC1CCCN1c1cccc(Cc2cc(-c3ccccc3)nn3ccnc23)n1. The number of aromatic nitrogens is 4. The molecule has 0 amide bonds. The Labute approximate surface area is 176 Å². The maximum atomic E-state index is 5.41. The largest absolute Gasteiger partial charge is 0.383 e. The van der Waals surface area contributed by atoms with Gasteiger partial charge in [-0.3, -0.25) is 0 Å². The molecular formula is C24H25N5O. The molecular weight excluding hydrogens is 374 g/mol. The minimum Gasteiger partial charge on any atom is -0.383 e. The second-order valence-electron chi connectivity index (χ2n) is 7.72. The summed E-state index contributed by atoms with van der Waals surface area (Å²) in [5.74, 6) is 1.03. The van der Waals surface area contributed by atoms with E-state index in [0.717, 1.165) is 53.6 Å². The number of hydrogen-bond donors (Lipinski definition) is 0. The summed E-state index contributed by atoms with van der Waals surface area (Å²) < 4.78 is 7.27. The smallest absolute Gasteiger partial charge is 0.157 e. The molecule has 30 heavy (non-hydrogen) atoms. The van der Waals surface area contributed by atoms with Crippen LogP contribution in [-0.2, 0) is 11.2 Å². The summed E-state index contributed by atoms with van der Waals surface area (Å²) in [5, 5.41) is 4.73. The lowest BCUT2D eigenvalue weighted by Gasteiger charge is -2.25. The molecule has 1 unspecified atom stereocenters. The quantitative estimate of drug-likeness (QED) is 0.491. The van der Waals surface area contributed by atoms with Gasteiger partial charge in [0.15, 0.2) is 5.65 Å². The van der Waals surface area contributed by atoms with E-state index in [4.69, 9.17) is 14.8 Å². The molecule has 1 saturated heterocycles. The highest BCUT2D eigenvalue weighted by Crippen LogP contribution is 2.26. The predicted molar refractivity (Wildman–Crippen MR) is 118 cm³/mol. The molecule has 6 nitrogen and oxygen atoms in total. The lowest BCUT2D eigenvalue weighted by Crippen LogP contribution is -2.33.